The van der Waals surface area contributed by atoms with E-state index in [2.05, 4.69) is 10.3 Å². The molecule has 1 aliphatic carbocycles. The van der Waals surface area contributed by atoms with Crippen molar-refractivity contribution in [2.24, 2.45) is 17.6 Å². The number of rotatable bonds is 16. The third kappa shape index (κ3) is 10.9. The van der Waals surface area contributed by atoms with E-state index in [1.165, 1.54) is 4.90 Å². The van der Waals surface area contributed by atoms with Gasteiger partial charge in [-0.15, -0.1) is 0 Å². The Morgan fingerprint density at radius 2 is 1.64 bits per heavy atom. The molecular weight excluding hydrogens is 702 g/mol. The highest BCUT2D eigenvalue weighted by Crippen LogP contribution is 2.32. The highest BCUT2D eigenvalue weighted by atomic mass is 16.6. The fraction of sp³-hybridized carbons (Fsp3) is 0.571. The van der Waals surface area contributed by atoms with Gasteiger partial charge in [0.15, 0.2) is 11.4 Å². The number of likely N-dealkylation sites (tertiary alicyclic amines) is 2. The summed E-state index contributed by atoms with van der Waals surface area (Å²) >= 11 is 0. The number of piperidine rings is 1. The Hall–Kier alpha value is -4.78. The lowest BCUT2D eigenvalue weighted by Crippen LogP contribution is -2.52. The second kappa shape index (κ2) is 19.7. The number of carbonyl (C=O) groups excluding carboxylic acids is 5. The molecule has 3 fully saturated rings. The SMILES string of the molecule is NCCCC[C@H](CC(=O)[C@@H]1C[C@@H](OC(=O)N2CCCCC2)CN1C(=O)[C@@H](CC1CCCCC1)NC(=O)OCc1ccccc1)C(=O)c1nc2ccccc2o1. The highest BCUT2D eigenvalue weighted by Gasteiger charge is 2.45. The van der Waals surface area contributed by atoms with Crippen LogP contribution in [0.3, 0.4) is 0 Å². The summed E-state index contributed by atoms with van der Waals surface area (Å²) in [6.45, 7) is 1.66. The number of aromatic nitrogens is 1. The van der Waals surface area contributed by atoms with E-state index >= 15 is 0 Å². The second-order valence-corrected chi connectivity index (χ2v) is 15.3. The third-order valence-electron chi connectivity index (χ3n) is 11.2. The van der Waals surface area contributed by atoms with Gasteiger partial charge in [0, 0.05) is 31.8 Å². The van der Waals surface area contributed by atoms with Crippen LogP contribution in [0.1, 0.15) is 106 Å². The quantitative estimate of drug-likeness (QED) is 0.120. The number of nitrogens with one attached hydrogen (secondary N) is 1. The molecule has 3 heterocycles. The first-order valence-electron chi connectivity index (χ1n) is 20.1. The molecule has 13 heteroatoms. The zero-order valence-electron chi connectivity index (χ0n) is 31.7. The van der Waals surface area contributed by atoms with Gasteiger partial charge in [-0.25, -0.2) is 14.6 Å². The predicted molar refractivity (Wildman–Crippen MR) is 205 cm³/mol. The van der Waals surface area contributed by atoms with Gasteiger partial charge in [0.05, 0.1) is 12.6 Å². The summed E-state index contributed by atoms with van der Waals surface area (Å²) in [5.41, 5.74) is 7.61. The summed E-state index contributed by atoms with van der Waals surface area (Å²) < 4.78 is 17.3. The summed E-state index contributed by atoms with van der Waals surface area (Å²) in [5.74, 6) is -1.75. The average Bonchev–Trinajstić information content (AvgIpc) is 3.85. The molecule has 4 atom stereocenters. The van der Waals surface area contributed by atoms with Crippen molar-refractivity contribution in [2.75, 3.05) is 26.2 Å². The molecule has 55 heavy (non-hydrogen) atoms. The van der Waals surface area contributed by atoms with Gasteiger partial charge in [-0.1, -0.05) is 81.0 Å². The first kappa shape index (κ1) is 39.9. The van der Waals surface area contributed by atoms with Gasteiger partial charge >= 0.3 is 12.2 Å². The van der Waals surface area contributed by atoms with Crippen molar-refractivity contribution in [1.82, 2.24) is 20.1 Å². The maximum atomic E-state index is 14.7. The molecule has 0 radical (unpaired) electrons. The van der Waals surface area contributed by atoms with Crippen LogP contribution in [0.2, 0.25) is 0 Å². The number of ether oxygens (including phenoxy) is 2. The van der Waals surface area contributed by atoms with Crippen LogP contribution in [0.15, 0.2) is 59.0 Å². The Bertz CT molecular complexity index is 1720. The lowest BCUT2D eigenvalue weighted by atomic mass is 9.84. The van der Waals surface area contributed by atoms with Crippen molar-refractivity contribution >= 4 is 40.8 Å². The Morgan fingerprint density at radius 1 is 0.909 bits per heavy atom. The topological polar surface area (TPSA) is 174 Å². The molecule has 2 saturated heterocycles. The minimum atomic E-state index is -0.976. The number of unbranched alkanes of at least 4 members (excludes halogenated alkanes) is 1. The predicted octanol–water partition coefficient (Wildman–Crippen LogP) is 6.57. The van der Waals surface area contributed by atoms with E-state index in [4.69, 9.17) is 19.6 Å². The zero-order chi connectivity index (χ0) is 38.6. The Balaban J connectivity index is 1.23. The molecule has 1 saturated carbocycles. The molecule has 13 nitrogen and oxygen atoms in total. The number of nitrogens with zero attached hydrogens (tertiary/aromatic N) is 3. The molecule has 3 N–H and O–H groups in total. The van der Waals surface area contributed by atoms with Gasteiger partial charge < -0.3 is 34.7 Å². The van der Waals surface area contributed by atoms with Crippen LogP contribution >= 0.6 is 0 Å². The first-order chi connectivity index (χ1) is 26.8. The molecule has 3 aromatic rings. The zero-order valence-corrected chi connectivity index (χ0v) is 31.7. The highest BCUT2D eigenvalue weighted by molar-refractivity contribution is 6.00. The number of Topliss-reactive ketones (excluding diaryl/α,β-unsaturated/α-hetero) is 2. The van der Waals surface area contributed by atoms with Crippen molar-refractivity contribution in [2.45, 2.75) is 115 Å². The molecule has 3 aliphatic rings. The lowest BCUT2D eigenvalue weighted by Gasteiger charge is -2.31. The number of para-hydroxylation sites is 2. The Labute approximate surface area is 322 Å². The Kier molecular flexibility index (Phi) is 14.3. The molecule has 1 aromatic heterocycles. The molecule has 3 amide bonds. The van der Waals surface area contributed by atoms with Crippen LogP contribution in [-0.4, -0.2) is 88.8 Å². The molecule has 0 bridgehead atoms. The summed E-state index contributed by atoms with van der Waals surface area (Å²) in [5, 5.41) is 2.84. The third-order valence-corrected chi connectivity index (χ3v) is 11.2. The number of hydrogen-bond acceptors (Lipinski definition) is 10. The van der Waals surface area contributed by atoms with Crippen molar-refractivity contribution in [3.63, 3.8) is 0 Å². The second-order valence-electron chi connectivity index (χ2n) is 15.3. The average molecular weight is 758 g/mol. The summed E-state index contributed by atoms with van der Waals surface area (Å²) in [4.78, 5) is 77.1. The smallest absolute Gasteiger partial charge is 0.410 e. The summed E-state index contributed by atoms with van der Waals surface area (Å²) in [7, 11) is 0. The standard InChI is InChI=1S/C42H55N5O8/c43-21-11-10-18-31(38(49)39-44-33-19-8-9-20-37(33)55-39)25-36(48)35-26-32(54-42(52)46-22-12-3-13-23-46)27-47(35)40(50)34(24-29-14-4-1-5-15-29)45-41(51)53-28-30-16-6-2-7-17-30/h2,6-9,16-17,19-20,29,31-32,34-35H,1,3-5,10-15,18,21-28,43H2,(H,45,51)/t31-,32-,34-,35+/m1/s1. The van der Waals surface area contributed by atoms with Crippen molar-refractivity contribution < 1.29 is 37.9 Å². The summed E-state index contributed by atoms with van der Waals surface area (Å²) in [6.07, 6.45) is 7.97. The van der Waals surface area contributed by atoms with Crippen LogP contribution in [0.25, 0.3) is 11.1 Å². The maximum absolute atomic E-state index is 14.7. The van der Waals surface area contributed by atoms with Crippen molar-refractivity contribution in [3.8, 4) is 0 Å². The molecule has 6 rings (SSSR count). The number of hydrogen-bond donors (Lipinski definition) is 2. The lowest BCUT2D eigenvalue weighted by molar-refractivity contribution is -0.140. The van der Waals surface area contributed by atoms with Crippen molar-refractivity contribution in [3.05, 3.63) is 66.1 Å². The number of ketones is 2. The Morgan fingerprint density at radius 3 is 2.38 bits per heavy atom. The van der Waals surface area contributed by atoms with E-state index in [1.807, 2.05) is 30.3 Å². The number of amides is 3. The van der Waals surface area contributed by atoms with E-state index < -0.39 is 42.2 Å². The molecule has 2 aliphatic heterocycles. The van der Waals surface area contributed by atoms with Gasteiger partial charge in [-0.3, -0.25) is 14.4 Å². The van der Waals surface area contributed by atoms with Gasteiger partial charge in [-0.2, -0.15) is 0 Å². The number of fused-ring (bicyclic) bond motifs is 1. The fourth-order valence-electron chi connectivity index (χ4n) is 8.20. The van der Waals surface area contributed by atoms with Crippen LogP contribution in [0.4, 0.5) is 9.59 Å². The van der Waals surface area contributed by atoms with Gasteiger partial charge in [-0.05, 0) is 68.7 Å². The van der Waals surface area contributed by atoms with Gasteiger partial charge in [0.1, 0.15) is 24.3 Å². The monoisotopic (exact) mass is 757 g/mol. The number of oxazole rings is 1. The normalized spacial score (nSPS) is 20.2. The van der Waals surface area contributed by atoms with E-state index in [-0.39, 0.29) is 49.4 Å². The summed E-state index contributed by atoms with van der Waals surface area (Å²) in [6, 6.07) is 14.4. The van der Waals surface area contributed by atoms with Crippen LogP contribution < -0.4 is 11.1 Å². The van der Waals surface area contributed by atoms with Crippen LogP contribution in [-0.2, 0) is 25.7 Å². The fourth-order valence-corrected chi connectivity index (χ4v) is 8.20. The number of nitrogens with two attached hydrogens (primary N) is 1. The van der Waals surface area contributed by atoms with Gasteiger partial charge in [0.2, 0.25) is 11.7 Å². The minimum Gasteiger partial charge on any atom is -0.445 e. The molecule has 0 unspecified atom stereocenters. The van der Waals surface area contributed by atoms with E-state index in [0.29, 0.717) is 56.4 Å². The van der Waals surface area contributed by atoms with Crippen molar-refractivity contribution in [1.29, 1.82) is 0 Å². The molecule has 296 valence electrons. The first-order valence-corrected chi connectivity index (χ1v) is 20.1. The van der Waals surface area contributed by atoms with Crippen LogP contribution in [0, 0.1) is 11.8 Å². The number of alkyl carbamates (subject to hydrolysis) is 1. The van der Waals surface area contributed by atoms with E-state index in [1.54, 1.807) is 29.2 Å². The molecule has 0 spiro atoms. The maximum Gasteiger partial charge on any atom is 0.410 e. The largest absolute Gasteiger partial charge is 0.445 e. The number of carbonyl (C=O) groups is 5. The van der Waals surface area contributed by atoms with E-state index in [0.717, 1.165) is 56.9 Å². The molecule has 2 aromatic carbocycles. The molecular formula is C42H55N5O8. The van der Waals surface area contributed by atoms with Crippen LogP contribution in [0.5, 0.6) is 0 Å². The van der Waals surface area contributed by atoms with Gasteiger partial charge in [0.25, 0.3) is 5.89 Å². The minimum absolute atomic E-state index is 0.00630. The van der Waals surface area contributed by atoms with E-state index in [9.17, 15) is 24.0 Å². The number of benzene rings is 2.